The molecule has 1 aromatic heterocycles. The van der Waals surface area contributed by atoms with Gasteiger partial charge in [0.2, 0.25) is 5.89 Å². The van der Waals surface area contributed by atoms with Crippen molar-refractivity contribution in [2.75, 3.05) is 14.2 Å². The number of aryl methyl sites for hydroxylation is 1. The molecule has 5 heteroatoms. The Morgan fingerprint density at radius 2 is 1.76 bits per heavy atom. The topological polar surface area (TPSA) is 57.4 Å². The third-order valence-electron chi connectivity index (χ3n) is 2.34. The van der Waals surface area contributed by atoms with Gasteiger partial charge in [-0.05, 0) is 24.6 Å². The summed E-state index contributed by atoms with van der Waals surface area (Å²) in [6.45, 7) is 1.79. The molecule has 0 spiro atoms. The highest BCUT2D eigenvalue weighted by molar-refractivity contribution is 5.39. The summed E-state index contributed by atoms with van der Waals surface area (Å²) in [5.74, 6) is 2.71. The quantitative estimate of drug-likeness (QED) is 0.809. The van der Waals surface area contributed by atoms with E-state index < -0.39 is 0 Å². The normalized spacial score (nSPS) is 10.3. The Balaban J connectivity index is 2.25. The molecular weight excluding hydrogens is 220 g/mol. The number of rotatable bonds is 4. The summed E-state index contributed by atoms with van der Waals surface area (Å²) in [5, 5.41) is 3.75. The van der Waals surface area contributed by atoms with Gasteiger partial charge in [0.05, 0.1) is 20.6 Å². The molecule has 90 valence electrons. The van der Waals surface area contributed by atoms with Crippen LogP contribution in [0.3, 0.4) is 0 Å². The number of methoxy groups -OCH3 is 2. The zero-order valence-electron chi connectivity index (χ0n) is 10.1. The van der Waals surface area contributed by atoms with Crippen molar-refractivity contribution < 1.29 is 14.0 Å². The first kappa shape index (κ1) is 11.4. The number of aromatic nitrogens is 2. The van der Waals surface area contributed by atoms with E-state index in [1.807, 2.05) is 18.2 Å². The van der Waals surface area contributed by atoms with Crippen LogP contribution < -0.4 is 9.47 Å². The summed E-state index contributed by atoms with van der Waals surface area (Å²) >= 11 is 0. The number of hydrogen-bond acceptors (Lipinski definition) is 5. The third kappa shape index (κ3) is 2.75. The van der Waals surface area contributed by atoms with E-state index in [2.05, 4.69) is 10.1 Å². The van der Waals surface area contributed by atoms with E-state index in [1.165, 1.54) is 0 Å². The molecule has 0 radical (unpaired) electrons. The molecule has 0 aliphatic carbocycles. The molecule has 0 aliphatic heterocycles. The standard InChI is InChI=1S/C12H14N2O3/c1-8-13-12(17-14-8)6-9-4-10(15-2)7-11(5-9)16-3/h4-5,7H,6H2,1-3H3. The molecule has 0 unspecified atom stereocenters. The van der Waals surface area contributed by atoms with Crippen LogP contribution >= 0.6 is 0 Å². The lowest BCUT2D eigenvalue weighted by atomic mass is 10.1. The average molecular weight is 234 g/mol. The van der Waals surface area contributed by atoms with Crippen LogP contribution in [0.25, 0.3) is 0 Å². The summed E-state index contributed by atoms with van der Waals surface area (Å²) < 4.78 is 15.5. The van der Waals surface area contributed by atoms with Gasteiger partial charge in [-0.15, -0.1) is 0 Å². The molecule has 0 aliphatic rings. The minimum absolute atomic E-state index is 0.564. The summed E-state index contributed by atoms with van der Waals surface area (Å²) in [6, 6.07) is 5.66. The van der Waals surface area contributed by atoms with Crippen molar-refractivity contribution in [1.82, 2.24) is 10.1 Å². The molecule has 5 nitrogen and oxygen atoms in total. The van der Waals surface area contributed by atoms with Gasteiger partial charge < -0.3 is 14.0 Å². The highest BCUT2D eigenvalue weighted by atomic mass is 16.5. The lowest BCUT2D eigenvalue weighted by Crippen LogP contribution is -1.93. The van der Waals surface area contributed by atoms with E-state index >= 15 is 0 Å². The maximum absolute atomic E-state index is 5.19. The van der Waals surface area contributed by atoms with Crippen molar-refractivity contribution in [2.45, 2.75) is 13.3 Å². The fourth-order valence-electron chi connectivity index (χ4n) is 1.55. The Hall–Kier alpha value is -2.04. The summed E-state index contributed by atoms with van der Waals surface area (Å²) in [5.41, 5.74) is 1.00. The predicted octanol–water partition coefficient (Wildman–Crippen LogP) is 1.99. The molecule has 2 aromatic rings. The number of ether oxygens (including phenoxy) is 2. The first-order valence-corrected chi connectivity index (χ1v) is 5.22. The van der Waals surface area contributed by atoms with E-state index in [0.717, 1.165) is 17.1 Å². The van der Waals surface area contributed by atoms with E-state index in [9.17, 15) is 0 Å². The highest BCUT2D eigenvalue weighted by Crippen LogP contribution is 2.23. The third-order valence-corrected chi connectivity index (χ3v) is 2.34. The van der Waals surface area contributed by atoms with Crippen molar-refractivity contribution in [3.8, 4) is 11.5 Å². The molecule has 17 heavy (non-hydrogen) atoms. The molecule has 0 amide bonds. The highest BCUT2D eigenvalue weighted by Gasteiger charge is 2.07. The Labute approximate surface area is 99.4 Å². The lowest BCUT2D eigenvalue weighted by molar-refractivity contribution is 0.379. The Morgan fingerprint density at radius 3 is 2.24 bits per heavy atom. The van der Waals surface area contributed by atoms with E-state index in [4.69, 9.17) is 14.0 Å². The first-order chi connectivity index (χ1) is 8.21. The number of hydrogen-bond donors (Lipinski definition) is 0. The summed E-state index contributed by atoms with van der Waals surface area (Å²) in [6.07, 6.45) is 0.564. The van der Waals surface area contributed by atoms with Crippen LogP contribution in [-0.4, -0.2) is 24.4 Å². The molecule has 0 N–H and O–H groups in total. The van der Waals surface area contributed by atoms with E-state index in [-0.39, 0.29) is 0 Å². The minimum Gasteiger partial charge on any atom is -0.497 e. The number of benzene rings is 1. The van der Waals surface area contributed by atoms with Crippen LogP contribution in [-0.2, 0) is 6.42 Å². The van der Waals surface area contributed by atoms with Crippen LogP contribution in [0.5, 0.6) is 11.5 Å². The van der Waals surface area contributed by atoms with E-state index in [0.29, 0.717) is 18.1 Å². The molecule has 0 atom stereocenters. The molecule has 0 saturated heterocycles. The van der Waals surface area contributed by atoms with Gasteiger partial charge in [0.1, 0.15) is 11.5 Å². The van der Waals surface area contributed by atoms with Gasteiger partial charge in [-0.1, -0.05) is 5.16 Å². The fourth-order valence-corrected chi connectivity index (χ4v) is 1.55. The first-order valence-electron chi connectivity index (χ1n) is 5.22. The second-order valence-electron chi connectivity index (χ2n) is 3.63. The molecular formula is C12H14N2O3. The molecule has 2 rings (SSSR count). The van der Waals surface area contributed by atoms with E-state index in [1.54, 1.807) is 21.1 Å². The lowest BCUT2D eigenvalue weighted by Gasteiger charge is -2.06. The van der Waals surface area contributed by atoms with Crippen LogP contribution in [0.1, 0.15) is 17.3 Å². The fraction of sp³-hybridized carbons (Fsp3) is 0.333. The summed E-state index contributed by atoms with van der Waals surface area (Å²) in [4.78, 5) is 4.16. The second-order valence-corrected chi connectivity index (χ2v) is 3.63. The number of nitrogens with zero attached hydrogens (tertiary/aromatic N) is 2. The Kier molecular flexibility index (Phi) is 3.27. The van der Waals surface area contributed by atoms with Gasteiger partial charge in [-0.25, -0.2) is 0 Å². The summed E-state index contributed by atoms with van der Waals surface area (Å²) in [7, 11) is 3.24. The Morgan fingerprint density at radius 1 is 1.12 bits per heavy atom. The largest absolute Gasteiger partial charge is 0.497 e. The van der Waals surface area contributed by atoms with Gasteiger partial charge in [-0.3, -0.25) is 0 Å². The SMILES string of the molecule is COc1cc(Cc2nc(C)no2)cc(OC)c1. The Bertz CT molecular complexity index is 486. The molecule has 1 heterocycles. The molecule has 0 fully saturated rings. The van der Waals surface area contributed by atoms with Crippen molar-refractivity contribution in [2.24, 2.45) is 0 Å². The van der Waals surface area contributed by atoms with Crippen LogP contribution in [0.15, 0.2) is 22.7 Å². The van der Waals surface area contributed by atoms with Crippen molar-refractivity contribution in [3.05, 3.63) is 35.5 Å². The second kappa shape index (κ2) is 4.86. The van der Waals surface area contributed by atoms with Gasteiger partial charge in [0.15, 0.2) is 5.82 Å². The predicted molar refractivity (Wildman–Crippen MR) is 61.4 cm³/mol. The van der Waals surface area contributed by atoms with Crippen LogP contribution in [0.2, 0.25) is 0 Å². The monoisotopic (exact) mass is 234 g/mol. The van der Waals surface area contributed by atoms with Crippen molar-refractivity contribution in [1.29, 1.82) is 0 Å². The minimum atomic E-state index is 0.564. The van der Waals surface area contributed by atoms with Crippen molar-refractivity contribution in [3.63, 3.8) is 0 Å². The zero-order valence-corrected chi connectivity index (χ0v) is 10.1. The molecule has 1 aromatic carbocycles. The smallest absolute Gasteiger partial charge is 0.231 e. The molecule has 0 saturated carbocycles. The van der Waals surface area contributed by atoms with Crippen LogP contribution in [0.4, 0.5) is 0 Å². The van der Waals surface area contributed by atoms with Gasteiger partial charge in [-0.2, -0.15) is 4.98 Å². The maximum Gasteiger partial charge on any atom is 0.231 e. The average Bonchev–Trinajstić information content (AvgIpc) is 2.74. The van der Waals surface area contributed by atoms with Gasteiger partial charge in [0, 0.05) is 6.07 Å². The maximum atomic E-state index is 5.19. The van der Waals surface area contributed by atoms with Crippen LogP contribution in [0, 0.1) is 6.92 Å². The van der Waals surface area contributed by atoms with Gasteiger partial charge in [0.25, 0.3) is 0 Å². The zero-order chi connectivity index (χ0) is 12.3. The molecule has 0 bridgehead atoms. The van der Waals surface area contributed by atoms with Crippen molar-refractivity contribution >= 4 is 0 Å². The van der Waals surface area contributed by atoms with Gasteiger partial charge >= 0.3 is 0 Å².